The highest BCUT2D eigenvalue weighted by atomic mass is 19.4. The van der Waals surface area contributed by atoms with Crippen LogP contribution in [0.2, 0.25) is 0 Å². The third kappa shape index (κ3) is 4.79. The molecular formula is C23H34F5N3O3. The van der Waals surface area contributed by atoms with Crippen LogP contribution in [0.5, 0.6) is 0 Å². The number of rotatable bonds is 4. The van der Waals surface area contributed by atoms with E-state index in [1.54, 1.807) is 0 Å². The number of hydrogen-bond donors (Lipinski definition) is 3. The molecule has 1 spiro atoms. The minimum absolute atomic E-state index is 0.0545. The lowest BCUT2D eigenvalue weighted by Crippen LogP contribution is -2.63. The van der Waals surface area contributed by atoms with Gasteiger partial charge in [0.1, 0.15) is 5.41 Å². The highest BCUT2D eigenvalue weighted by molar-refractivity contribution is 5.85. The van der Waals surface area contributed by atoms with Crippen LogP contribution >= 0.6 is 0 Å². The molecule has 0 unspecified atom stereocenters. The molecule has 4 fully saturated rings. The van der Waals surface area contributed by atoms with Crippen molar-refractivity contribution in [1.82, 2.24) is 15.5 Å². The van der Waals surface area contributed by atoms with Gasteiger partial charge < -0.3 is 20.6 Å². The van der Waals surface area contributed by atoms with E-state index in [0.717, 1.165) is 19.3 Å². The Bertz CT molecular complexity index is 768. The van der Waals surface area contributed by atoms with Crippen LogP contribution < -0.4 is 10.6 Å². The fourth-order valence-electron chi connectivity index (χ4n) is 6.01. The Morgan fingerprint density at radius 3 is 2.15 bits per heavy atom. The van der Waals surface area contributed by atoms with Crippen LogP contribution in [0.1, 0.15) is 64.2 Å². The standard InChI is InChI=1S/C23H34F5N3O3/c24-22(25)6-2-15(3-7-22)13-29-19(34)21(23(26,27)28)8-10-31(11-9-21)18(33)16-12-17(32)20(14-30-16)4-1-5-20/h15-17,30,32H,1-14H2,(H,29,34)/t16-,17+/m0/s1. The van der Waals surface area contributed by atoms with Crippen molar-refractivity contribution in [1.29, 1.82) is 0 Å². The fraction of sp³-hybridized carbons (Fsp3) is 0.913. The predicted molar refractivity (Wildman–Crippen MR) is 113 cm³/mol. The van der Waals surface area contributed by atoms with Gasteiger partial charge in [-0.2, -0.15) is 13.2 Å². The predicted octanol–water partition coefficient (Wildman–Crippen LogP) is 2.99. The number of nitrogens with zero attached hydrogens (tertiary/aromatic N) is 1. The maximum atomic E-state index is 14.1. The first-order valence-corrected chi connectivity index (χ1v) is 12.3. The molecule has 2 heterocycles. The van der Waals surface area contributed by atoms with Gasteiger partial charge in [0.2, 0.25) is 17.7 Å². The molecule has 194 valence electrons. The molecule has 4 aliphatic rings. The summed E-state index contributed by atoms with van der Waals surface area (Å²) in [5, 5.41) is 16.0. The lowest BCUT2D eigenvalue weighted by molar-refractivity contribution is -0.233. The first-order chi connectivity index (χ1) is 15.9. The minimum atomic E-state index is -4.79. The van der Waals surface area contributed by atoms with Crippen molar-refractivity contribution >= 4 is 11.8 Å². The number of nitrogens with one attached hydrogen (secondary N) is 2. The summed E-state index contributed by atoms with van der Waals surface area (Å²) in [7, 11) is 0. The summed E-state index contributed by atoms with van der Waals surface area (Å²) in [6.45, 7) is 0.0447. The molecule has 0 aromatic carbocycles. The maximum Gasteiger partial charge on any atom is 0.403 e. The second kappa shape index (κ2) is 9.19. The van der Waals surface area contributed by atoms with Gasteiger partial charge in [-0.15, -0.1) is 0 Å². The van der Waals surface area contributed by atoms with Crippen molar-refractivity contribution in [2.45, 2.75) is 88.5 Å². The van der Waals surface area contributed by atoms with E-state index in [-0.39, 0.29) is 69.0 Å². The lowest BCUT2D eigenvalue weighted by atomic mass is 9.62. The van der Waals surface area contributed by atoms with E-state index in [0.29, 0.717) is 6.54 Å². The van der Waals surface area contributed by atoms with Crippen molar-refractivity contribution in [2.24, 2.45) is 16.7 Å². The fourth-order valence-corrected chi connectivity index (χ4v) is 6.01. The van der Waals surface area contributed by atoms with Gasteiger partial charge in [-0.3, -0.25) is 9.59 Å². The number of aliphatic hydroxyl groups excluding tert-OH is 1. The molecule has 3 N–H and O–H groups in total. The first-order valence-electron chi connectivity index (χ1n) is 12.3. The summed E-state index contributed by atoms with van der Waals surface area (Å²) < 4.78 is 68.8. The number of amides is 2. The van der Waals surface area contributed by atoms with E-state index in [9.17, 15) is 36.6 Å². The SMILES string of the molecule is O=C([C@@H]1C[C@@H](O)C2(CCC2)CN1)N1CCC(C(=O)NCC2CCC(F)(F)CC2)(C(F)(F)F)CC1. The van der Waals surface area contributed by atoms with Gasteiger partial charge in [0.25, 0.3) is 0 Å². The molecule has 11 heteroatoms. The third-order valence-electron chi connectivity index (χ3n) is 8.81. The monoisotopic (exact) mass is 495 g/mol. The molecule has 2 amide bonds. The molecule has 0 aromatic rings. The van der Waals surface area contributed by atoms with Gasteiger partial charge in [-0.05, 0) is 50.9 Å². The van der Waals surface area contributed by atoms with E-state index in [1.807, 2.05) is 0 Å². The topological polar surface area (TPSA) is 81.7 Å². The summed E-state index contributed by atoms with van der Waals surface area (Å²) in [5.41, 5.74) is -2.78. The highest BCUT2D eigenvalue weighted by Gasteiger charge is 2.61. The zero-order valence-corrected chi connectivity index (χ0v) is 19.2. The Balaban J connectivity index is 1.32. The zero-order chi connectivity index (χ0) is 24.8. The Morgan fingerprint density at radius 1 is 1.03 bits per heavy atom. The average molecular weight is 496 g/mol. The van der Waals surface area contributed by atoms with E-state index in [1.165, 1.54) is 4.90 Å². The van der Waals surface area contributed by atoms with Crippen LogP contribution in [0, 0.1) is 16.7 Å². The van der Waals surface area contributed by atoms with Crippen molar-refractivity contribution in [3.05, 3.63) is 0 Å². The molecule has 2 atom stereocenters. The number of likely N-dealkylation sites (tertiary alicyclic amines) is 1. The van der Waals surface area contributed by atoms with Gasteiger partial charge in [0.05, 0.1) is 12.1 Å². The molecule has 2 saturated carbocycles. The second-order valence-corrected chi connectivity index (χ2v) is 10.8. The largest absolute Gasteiger partial charge is 0.403 e. The number of hydrogen-bond acceptors (Lipinski definition) is 4. The van der Waals surface area contributed by atoms with Crippen LogP contribution in [-0.2, 0) is 9.59 Å². The molecule has 0 aromatic heterocycles. The van der Waals surface area contributed by atoms with Crippen LogP contribution in [0.25, 0.3) is 0 Å². The summed E-state index contributed by atoms with van der Waals surface area (Å²) >= 11 is 0. The Labute approximate surface area is 196 Å². The van der Waals surface area contributed by atoms with E-state index >= 15 is 0 Å². The second-order valence-electron chi connectivity index (χ2n) is 10.8. The molecule has 2 aliphatic heterocycles. The van der Waals surface area contributed by atoms with Gasteiger partial charge in [-0.25, -0.2) is 8.78 Å². The molecule has 2 aliphatic carbocycles. The smallest absolute Gasteiger partial charge is 0.392 e. The first kappa shape index (κ1) is 25.6. The Morgan fingerprint density at radius 2 is 1.65 bits per heavy atom. The zero-order valence-electron chi connectivity index (χ0n) is 19.2. The quantitative estimate of drug-likeness (QED) is 0.524. The van der Waals surface area contributed by atoms with Gasteiger partial charge in [0.15, 0.2) is 0 Å². The summed E-state index contributed by atoms with van der Waals surface area (Å²) in [5.74, 6) is -4.48. The van der Waals surface area contributed by atoms with Gasteiger partial charge in [0, 0.05) is 44.4 Å². The molecular weight excluding hydrogens is 461 g/mol. The van der Waals surface area contributed by atoms with Crippen molar-refractivity contribution in [3.8, 4) is 0 Å². The Kier molecular flexibility index (Phi) is 6.92. The van der Waals surface area contributed by atoms with Gasteiger partial charge >= 0.3 is 6.18 Å². The summed E-state index contributed by atoms with van der Waals surface area (Å²) in [6.07, 6.45) is -3.73. The van der Waals surface area contributed by atoms with E-state index in [4.69, 9.17) is 0 Å². The van der Waals surface area contributed by atoms with E-state index in [2.05, 4.69) is 10.6 Å². The summed E-state index contributed by atoms with van der Waals surface area (Å²) in [4.78, 5) is 27.0. The number of aliphatic hydroxyl groups is 1. The average Bonchev–Trinajstić information content (AvgIpc) is 2.75. The molecule has 4 rings (SSSR count). The van der Waals surface area contributed by atoms with Crippen LogP contribution in [0.3, 0.4) is 0 Å². The van der Waals surface area contributed by atoms with E-state index < -0.39 is 48.4 Å². The minimum Gasteiger partial charge on any atom is -0.392 e. The molecule has 0 radical (unpaired) electrons. The molecule has 2 saturated heterocycles. The van der Waals surface area contributed by atoms with Crippen LogP contribution in [-0.4, -0.2) is 72.2 Å². The number of halogens is 5. The lowest BCUT2D eigenvalue weighted by Gasteiger charge is -2.51. The summed E-state index contributed by atoms with van der Waals surface area (Å²) in [6, 6.07) is -0.641. The highest BCUT2D eigenvalue weighted by Crippen LogP contribution is 2.48. The van der Waals surface area contributed by atoms with Crippen molar-refractivity contribution < 1.29 is 36.6 Å². The molecule has 34 heavy (non-hydrogen) atoms. The van der Waals surface area contributed by atoms with Crippen molar-refractivity contribution in [3.63, 3.8) is 0 Å². The van der Waals surface area contributed by atoms with Crippen LogP contribution in [0.15, 0.2) is 0 Å². The normalized spacial score (nSPS) is 31.1. The third-order valence-corrected chi connectivity index (χ3v) is 8.81. The maximum absolute atomic E-state index is 14.1. The Hall–Kier alpha value is -1.49. The number of carbonyl (C=O) groups excluding carboxylic acids is 2. The van der Waals surface area contributed by atoms with Crippen LogP contribution in [0.4, 0.5) is 22.0 Å². The molecule has 6 nitrogen and oxygen atoms in total. The number of alkyl halides is 5. The van der Waals surface area contributed by atoms with Crippen molar-refractivity contribution in [2.75, 3.05) is 26.2 Å². The molecule has 0 bridgehead atoms. The number of piperidine rings is 2. The van der Waals surface area contributed by atoms with Gasteiger partial charge in [-0.1, -0.05) is 6.42 Å². The number of carbonyl (C=O) groups is 2.